The fraction of sp³-hybridized carbons (Fsp3) is 1.00. The van der Waals surface area contributed by atoms with Crippen LogP contribution in [0.5, 0.6) is 0 Å². The Labute approximate surface area is 138 Å². The average molecular weight is 303 g/mol. The van der Waals surface area contributed by atoms with Gasteiger partial charge in [0.1, 0.15) is 0 Å². The van der Waals surface area contributed by atoms with Crippen LogP contribution < -0.4 is 0 Å². The third-order valence-electron chi connectivity index (χ3n) is 9.32. The van der Waals surface area contributed by atoms with Crippen LogP contribution >= 0.6 is 0 Å². The molecule has 0 nitrogen and oxygen atoms in total. The van der Waals surface area contributed by atoms with Gasteiger partial charge in [0.25, 0.3) is 0 Å². The zero-order chi connectivity index (χ0) is 15.4. The summed E-state index contributed by atoms with van der Waals surface area (Å²) in [6.45, 7) is 10.7. The molecule has 4 saturated carbocycles. The molecule has 22 heavy (non-hydrogen) atoms. The molecule has 0 heterocycles. The number of hydrogen-bond donors (Lipinski definition) is 0. The van der Waals surface area contributed by atoms with Crippen LogP contribution in [-0.4, -0.2) is 0 Å². The van der Waals surface area contributed by atoms with Gasteiger partial charge in [-0.15, -0.1) is 0 Å². The first-order chi connectivity index (χ1) is 10.6. The average Bonchev–Trinajstić information content (AvgIpc) is 2.56. The van der Waals surface area contributed by atoms with Crippen LogP contribution in [0.25, 0.3) is 0 Å². The zero-order valence-electron chi connectivity index (χ0n) is 15.4. The van der Waals surface area contributed by atoms with Gasteiger partial charge in [0.05, 0.1) is 0 Å². The highest BCUT2D eigenvalue weighted by molar-refractivity contribution is 5.04. The Morgan fingerprint density at radius 3 is 0.864 bits per heavy atom. The van der Waals surface area contributed by atoms with Gasteiger partial charge in [0.2, 0.25) is 0 Å². The molecule has 0 amide bonds. The molecule has 8 unspecified atom stereocenters. The summed E-state index contributed by atoms with van der Waals surface area (Å²) in [4.78, 5) is 0. The lowest BCUT2D eigenvalue weighted by Gasteiger charge is -2.62. The maximum atomic E-state index is 2.67. The second-order valence-corrected chi connectivity index (χ2v) is 9.82. The van der Waals surface area contributed by atoms with Gasteiger partial charge >= 0.3 is 0 Å². The molecule has 0 aromatic heterocycles. The Balaban J connectivity index is 1.67. The van der Waals surface area contributed by atoms with Crippen molar-refractivity contribution in [1.29, 1.82) is 0 Å². The van der Waals surface area contributed by atoms with Crippen LogP contribution in [0.1, 0.15) is 79.1 Å². The minimum Gasteiger partial charge on any atom is -0.0619 e. The Kier molecular flexibility index (Phi) is 4.10. The van der Waals surface area contributed by atoms with Gasteiger partial charge in [0.15, 0.2) is 0 Å². The lowest BCUT2D eigenvalue weighted by molar-refractivity contribution is -0.139. The highest BCUT2D eigenvalue weighted by atomic mass is 14.6. The molecule has 0 aromatic rings. The van der Waals surface area contributed by atoms with Crippen LogP contribution in [0.15, 0.2) is 0 Å². The van der Waals surface area contributed by atoms with Crippen molar-refractivity contribution in [2.24, 2.45) is 59.2 Å². The molecule has 0 N–H and O–H groups in total. The summed E-state index contributed by atoms with van der Waals surface area (Å²) in [5, 5.41) is 0. The van der Waals surface area contributed by atoms with Gasteiger partial charge in [-0.05, 0) is 84.9 Å². The minimum atomic E-state index is 1.01. The molecule has 4 aliphatic carbocycles. The van der Waals surface area contributed by atoms with Crippen molar-refractivity contribution >= 4 is 0 Å². The molecule has 4 rings (SSSR count). The maximum absolute atomic E-state index is 2.67. The van der Waals surface area contributed by atoms with Crippen molar-refractivity contribution in [3.63, 3.8) is 0 Å². The predicted octanol–water partition coefficient (Wildman–Crippen LogP) is 6.40. The predicted molar refractivity (Wildman–Crippen MR) is 94.5 cm³/mol. The third kappa shape index (κ3) is 2.15. The first kappa shape index (κ1) is 15.5. The molecule has 8 atom stereocenters. The highest BCUT2D eigenvalue weighted by Crippen LogP contribution is 2.62. The second-order valence-electron chi connectivity index (χ2n) is 9.82. The van der Waals surface area contributed by atoms with E-state index in [0.29, 0.717) is 0 Å². The molecule has 126 valence electrons. The fourth-order valence-corrected chi connectivity index (χ4v) is 8.49. The molecule has 0 heteroatoms. The normalized spacial score (nSPS) is 58.4. The summed E-state index contributed by atoms with van der Waals surface area (Å²) in [5.74, 6) is 10.4. The smallest absolute Gasteiger partial charge is 0.0323 e. The molecule has 0 radical (unpaired) electrons. The quantitative estimate of drug-likeness (QED) is 0.485. The van der Waals surface area contributed by atoms with E-state index in [0.717, 1.165) is 59.2 Å². The molecular weight excluding hydrogens is 264 g/mol. The summed E-state index contributed by atoms with van der Waals surface area (Å²) >= 11 is 0. The van der Waals surface area contributed by atoms with Crippen LogP contribution in [0.3, 0.4) is 0 Å². The van der Waals surface area contributed by atoms with E-state index in [2.05, 4.69) is 27.7 Å². The lowest BCUT2D eigenvalue weighted by atomic mass is 9.43. The summed E-state index contributed by atoms with van der Waals surface area (Å²) in [6.07, 6.45) is 12.3. The van der Waals surface area contributed by atoms with Crippen LogP contribution in [0.4, 0.5) is 0 Å². The molecule has 4 aliphatic rings. The SMILES string of the molecule is CC1C2CCCCC2C(C)C2C(C)C3CCCCC3C(C)C12. The van der Waals surface area contributed by atoms with Gasteiger partial charge in [-0.3, -0.25) is 0 Å². The van der Waals surface area contributed by atoms with Crippen LogP contribution in [0.2, 0.25) is 0 Å². The molecule has 0 saturated heterocycles. The molecule has 0 aliphatic heterocycles. The zero-order valence-corrected chi connectivity index (χ0v) is 15.4. The summed E-state index contributed by atoms with van der Waals surface area (Å²) in [5.41, 5.74) is 0. The Hall–Kier alpha value is 0. The van der Waals surface area contributed by atoms with E-state index in [-0.39, 0.29) is 0 Å². The summed E-state index contributed by atoms with van der Waals surface area (Å²) in [6, 6.07) is 0. The van der Waals surface area contributed by atoms with Gasteiger partial charge in [-0.25, -0.2) is 0 Å². The van der Waals surface area contributed by atoms with Crippen molar-refractivity contribution in [1.82, 2.24) is 0 Å². The summed E-state index contributed by atoms with van der Waals surface area (Å²) < 4.78 is 0. The topological polar surface area (TPSA) is 0 Å². The number of fused-ring (bicyclic) bond motifs is 3. The molecule has 0 bridgehead atoms. The van der Waals surface area contributed by atoms with E-state index >= 15 is 0 Å². The van der Waals surface area contributed by atoms with Crippen LogP contribution in [0, 0.1) is 59.2 Å². The minimum absolute atomic E-state index is 1.01. The maximum Gasteiger partial charge on any atom is -0.0323 e. The van der Waals surface area contributed by atoms with E-state index in [1.54, 1.807) is 25.7 Å². The highest BCUT2D eigenvalue weighted by Gasteiger charge is 2.56. The van der Waals surface area contributed by atoms with Crippen molar-refractivity contribution in [3.8, 4) is 0 Å². The molecule has 0 spiro atoms. The molecular formula is C22H38. The summed E-state index contributed by atoms with van der Waals surface area (Å²) in [7, 11) is 0. The van der Waals surface area contributed by atoms with E-state index in [4.69, 9.17) is 0 Å². The van der Waals surface area contributed by atoms with Gasteiger partial charge in [-0.2, -0.15) is 0 Å². The van der Waals surface area contributed by atoms with Crippen molar-refractivity contribution in [3.05, 3.63) is 0 Å². The number of hydrogen-bond acceptors (Lipinski definition) is 0. The second kappa shape index (κ2) is 5.82. The lowest BCUT2D eigenvalue weighted by Crippen LogP contribution is -2.56. The largest absolute Gasteiger partial charge is 0.0619 e. The van der Waals surface area contributed by atoms with Gasteiger partial charge in [0, 0.05) is 0 Å². The van der Waals surface area contributed by atoms with E-state index < -0.39 is 0 Å². The molecule has 0 aromatic carbocycles. The van der Waals surface area contributed by atoms with E-state index in [1.165, 1.54) is 25.7 Å². The van der Waals surface area contributed by atoms with Crippen LogP contribution in [-0.2, 0) is 0 Å². The van der Waals surface area contributed by atoms with Crippen molar-refractivity contribution < 1.29 is 0 Å². The molecule has 4 fully saturated rings. The standard InChI is InChI=1S/C22H38/c1-13-17-9-5-6-10-18(17)15(3)22-16(4)20-12-8-7-11-19(20)14(2)21(13)22/h13-22H,5-12H2,1-4H3. The van der Waals surface area contributed by atoms with Gasteiger partial charge < -0.3 is 0 Å². The van der Waals surface area contributed by atoms with Crippen molar-refractivity contribution in [2.45, 2.75) is 79.1 Å². The first-order valence-electron chi connectivity index (χ1n) is 10.6. The van der Waals surface area contributed by atoms with E-state index in [1.807, 2.05) is 0 Å². The van der Waals surface area contributed by atoms with Gasteiger partial charge in [-0.1, -0.05) is 53.4 Å². The Bertz CT molecular complexity index is 325. The number of rotatable bonds is 0. The van der Waals surface area contributed by atoms with E-state index in [9.17, 15) is 0 Å². The monoisotopic (exact) mass is 302 g/mol. The Morgan fingerprint density at radius 2 is 0.636 bits per heavy atom. The fourth-order valence-electron chi connectivity index (χ4n) is 8.49. The Morgan fingerprint density at radius 1 is 0.409 bits per heavy atom. The third-order valence-corrected chi connectivity index (χ3v) is 9.32. The van der Waals surface area contributed by atoms with Crippen molar-refractivity contribution in [2.75, 3.05) is 0 Å². The first-order valence-corrected chi connectivity index (χ1v) is 10.6.